The third-order valence-corrected chi connectivity index (χ3v) is 1.70. The van der Waals surface area contributed by atoms with Gasteiger partial charge < -0.3 is 20.5 Å². The van der Waals surface area contributed by atoms with Gasteiger partial charge in [-0.2, -0.15) is 0 Å². The summed E-state index contributed by atoms with van der Waals surface area (Å²) >= 11 is 0. The molecule has 1 amide bonds. The van der Waals surface area contributed by atoms with E-state index in [9.17, 15) is 4.79 Å². The minimum atomic E-state index is -0.361. The summed E-state index contributed by atoms with van der Waals surface area (Å²) in [6.45, 7) is 9.24. The number of carbonyl (C=O) groups is 1. The lowest BCUT2D eigenvalue weighted by atomic mass is 10.2. The van der Waals surface area contributed by atoms with Gasteiger partial charge in [-0.15, -0.1) is 0 Å². The van der Waals surface area contributed by atoms with Gasteiger partial charge in [0.15, 0.2) is 0 Å². The van der Waals surface area contributed by atoms with Crippen LogP contribution in [0.3, 0.4) is 0 Å². The van der Waals surface area contributed by atoms with E-state index >= 15 is 0 Å². The molecule has 1 unspecified atom stereocenters. The molecule has 16 heavy (non-hydrogen) atoms. The summed E-state index contributed by atoms with van der Waals surface area (Å²) in [5, 5.41) is 14.7. The van der Waals surface area contributed by atoms with Crippen molar-refractivity contribution in [2.75, 3.05) is 26.2 Å². The van der Waals surface area contributed by atoms with E-state index in [0.29, 0.717) is 19.6 Å². The molecule has 0 aromatic heterocycles. The van der Waals surface area contributed by atoms with Crippen LogP contribution in [-0.2, 0) is 9.53 Å². The summed E-state index contributed by atoms with van der Waals surface area (Å²) in [5.74, 6) is -0.117. The Kier molecular flexibility index (Phi) is 7.29. The van der Waals surface area contributed by atoms with Crippen LogP contribution in [-0.4, -0.2) is 49.0 Å². The van der Waals surface area contributed by atoms with Crippen LogP contribution < -0.4 is 10.6 Å². The van der Waals surface area contributed by atoms with Crippen molar-refractivity contribution in [3.8, 4) is 0 Å². The number of carbonyl (C=O) groups excluding carboxylic acids is 1. The van der Waals surface area contributed by atoms with Crippen LogP contribution in [0, 0.1) is 0 Å². The number of hydrogen-bond donors (Lipinski definition) is 3. The Labute approximate surface area is 97.6 Å². The molecule has 5 nitrogen and oxygen atoms in total. The highest BCUT2D eigenvalue weighted by Crippen LogP contribution is 2.05. The van der Waals surface area contributed by atoms with Gasteiger partial charge >= 0.3 is 0 Å². The van der Waals surface area contributed by atoms with Crippen LogP contribution in [0.5, 0.6) is 0 Å². The fourth-order valence-electron chi connectivity index (χ4n) is 0.934. The van der Waals surface area contributed by atoms with Crippen LogP contribution in [0.2, 0.25) is 0 Å². The molecule has 0 aromatic carbocycles. The Morgan fingerprint density at radius 2 is 2.00 bits per heavy atom. The number of ether oxygens (including phenoxy) is 1. The van der Waals surface area contributed by atoms with Crippen molar-refractivity contribution in [3.05, 3.63) is 0 Å². The van der Waals surface area contributed by atoms with Gasteiger partial charge in [-0.25, -0.2) is 0 Å². The van der Waals surface area contributed by atoms with E-state index in [0.717, 1.165) is 0 Å². The van der Waals surface area contributed by atoms with Gasteiger partial charge in [0.25, 0.3) is 0 Å². The predicted molar refractivity (Wildman–Crippen MR) is 63.3 cm³/mol. The van der Waals surface area contributed by atoms with Gasteiger partial charge in [-0.3, -0.25) is 4.79 Å². The summed E-state index contributed by atoms with van der Waals surface area (Å²) in [5.41, 5.74) is -0.290. The molecular formula is C11H24N2O3. The molecule has 0 radical (unpaired) electrons. The number of nitrogens with one attached hydrogen (secondary N) is 2. The smallest absolute Gasteiger partial charge is 0.246 e. The van der Waals surface area contributed by atoms with Crippen LogP contribution >= 0.6 is 0 Å². The van der Waals surface area contributed by atoms with Crippen LogP contribution in [0.15, 0.2) is 0 Å². The zero-order valence-corrected chi connectivity index (χ0v) is 10.7. The summed E-state index contributed by atoms with van der Waals surface area (Å²) in [6.07, 6.45) is -0.361. The second kappa shape index (κ2) is 7.60. The number of hydrogen-bond acceptors (Lipinski definition) is 4. The minimum Gasteiger partial charge on any atom is -0.392 e. The Balaban J connectivity index is 3.38. The monoisotopic (exact) mass is 232 g/mol. The highest BCUT2D eigenvalue weighted by molar-refractivity contribution is 5.77. The van der Waals surface area contributed by atoms with Gasteiger partial charge in [-0.05, 0) is 27.7 Å². The van der Waals surface area contributed by atoms with Crippen molar-refractivity contribution in [2.45, 2.75) is 39.4 Å². The minimum absolute atomic E-state index is 0.0832. The van der Waals surface area contributed by atoms with E-state index in [1.807, 2.05) is 20.8 Å². The predicted octanol–water partition coefficient (Wildman–Crippen LogP) is -0.112. The molecule has 96 valence electrons. The summed E-state index contributed by atoms with van der Waals surface area (Å²) in [6, 6.07) is 0. The lowest BCUT2D eigenvalue weighted by molar-refractivity contribution is -0.130. The van der Waals surface area contributed by atoms with Crippen LogP contribution in [0.1, 0.15) is 27.7 Å². The number of rotatable bonds is 7. The van der Waals surface area contributed by atoms with Crippen molar-refractivity contribution >= 4 is 5.91 Å². The lowest BCUT2D eigenvalue weighted by Gasteiger charge is -2.19. The van der Waals surface area contributed by atoms with Crippen molar-refractivity contribution in [1.29, 1.82) is 0 Å². The SMILES string of the molecule is CC(O)CNCCNC(=O)COC(C)(C)C. The molecule has 0 aliphatic rings. The van der Waals surface area contributed by atoms with Crippen molar-refractivity contribution in [3.63, 3.8) is 0 Å². The molecule has 3 N–H and O–H groups in total. The molecule has 0 spiro atoms. The van der Waals surface area contributed by atoms with Crippen molar-refractivity contribution < 1.29 is 14.6 Å². The molecular weight excluding hydrogens is 208 g/mol. The van der Waals surface area contributed by atoms with E-state index < -0.39 is 0 Å². The van der Waals surface area contributed by atoms with E-state index in [-0.39, 0.29) is 24.2 Å². The first-order valence-corrected chi connectivity index (χ1v) is 5.60. The summed E-state index contributed by atoms with van der Waals surface area (Å²) in [7, 11) is 0. The first-order chi connectivity index (χ1) is 7.31. The fourth-order valence-corrected chi connectivity index (χ4v) is 0.934. The van der Waals surface area contributed by atoms with Crippen LogP contribution in [0.4, 0.5) is 0 Å². The molecule has 0 saturated carbocycles. The van der Waals surface area contributed by atoms with Crippen molar-refractivity contribution in [1.82, 2.24) is 10.6 Å². The van der Waals surface area contributed by atoms with E-state index in [2.05, 4.69) is 10.6 Å². The zero-order valence-electron chi connectivity index (χ0n) is 10.7. The van der Waals surface area contributed by atoms with E-state index in [4.69, 9.17) is 9.84 Å². The fraction of sp³-hybridized carbons (Fsp3) is 0.909. The van der Waals surface area contributed by atoms with E-state index in [1.54, 1.807) is 6.92 Å². The molecule has 0 fully saturated rings. The van der Waals surface area contributed by atoms with E-state index in [1.165, 1.54) is 0 Å². The Morgan fingerprint density at radius 3 is 2.50 bits per heavy atom. The van der Waals surface area contributed by atoms with Crippen LogP contribution in [0.25, 0.3) is 0 Å². The molecule has 0 saturated heterocycles. The zero-order chi connectivity index (χ0) is 12.6. The summed E-state index contributed by atoms with van der Waals surface area (Å²) in [4.78, 5) is 11.3. The van der Waals surface area contributed by atoms with Crippen molar-refractivity contribution in [2.24, 2.45) is 0 Å². The van der Waals surface area contributed by atoms with Gasteiger partial charge in [0, 0.05) is 19.6 Å². The molecule has 0 aliphatic carbocycles. The maximum Gasteiger partial charge on any atom is 0.246 e. The standard InChI is InChI=1S/C11H24N2O3/c1-9(14)7-12-5-6-13-10(15)8-16-11(2,3)4/h9,12,14H,5-8H2,1-4H3,(H,13,15). The largest absolute Gasteiger partial charge is 0.392 e. The first-order valence-electron chi connectivity index (χ1n) is 5.60. The van der Waals surface area contributed by atoms with Gasteiger partial charge in [-0.1, -0.05) is 0 Å². The Hall–Kier alpha value is -0.650. The highest BCUT2D eigenvalue weighted by atomic mass is 16.5. The highest BCUT2D eigenvalue weighted by Gasteiger charge is 2.12. The molecule has 0 aliphatic heterocycles. The normalized spacial score (nSPS) is 13.6. The first kappa shape index (κ1) is 15.3. The third kappa shape index (κ3) is 11.4. The average Bonchev–Trinajstić information content (AvgIpc) is 2.12. The molecule has 0 aromatic rings. The molecule has 5 heteroatoms. The molecule has 0 heterocycles. The topological polar surface area (TPSA) is 70.6 Å². The molecule has 0 bridgehead atoms. The average molecular weight is 232 g/mol. The second-order valence-electron chi connectivity index (χ2n) is 4.80. The second-order valence-corrected chi connectivity index (χ2v) is 4.80. The maximum absolute atomic E-state index is 11.3. The molecule has 1 atom stereocenters. The third-order valence-electron chi connectivity index (χ3n) is 1.70. The number of aliphatic hydroxyl groups excluding tert-OH is 1. The Morgan fingerprint density at radius 1 is 1.38 bits per heavy atom. The van der Waals surface area contributed by atoms with Gasteiger partial charge in [0.05, 0.1) is 11.7 Å². The van der Waals surface area contributed by atoms with Gasteiger partial charge in [0.1, 0.15) is 6.61 Å². The van der Waals surface area contributed by atoms with Gasteiger partial charge in [0.2, 0.25) is 5.91 Å². The molecule has 0 rings (SSSR count). The Bertz CT molecular complexity index is 200. The number of aliphatic hydroxyl groups is 1. The number of amides is 1. The lowest BCUT2D eigenvalue weighted by Crippen LogP contribution is -2.37. The summed E-state index contributed by atoms with van der Waals surface area (Å²) < 4.78 is 5.31. The maximum atomic E-state index is 11.3. The quantitative estimate of drug-likeness (QED) is 0.536.